The molecule has 0 heterocycles. The highest BCUT2D eigenvalue weighted by molar-refractivity contribution is 6.74. The molecule has 1 fully saturated rings. The van der Waals surface area contributed by atoms with E-state index >= 15 is 0 Å². The number of carbonyl (C=O) groups excluding carboxylic acids is 1. The van der Waals surface area contributed by atoms with E-state index in [0.717, 1.165) is 32.1 Å². The Balaban J connectivity index is 2.69. The molecule has 1 rings (SSSR count). The van der Waals surface area contributed by atoms with Crippen LogP contribution in [0.25, 0.3) is 0 Å². The van der Waals surface area contributed by atoms with Crippen LogP contribution < -0.4 is 0 Å². The molecule has 0 aromatic heterocycles. The van der Waals surface area contributed by atoms with Crippen LogP contribution in [0, 0.1) is 5.92 Å². The third kappa shape index (κ3) is 7.34. The molecular weight excluding hydrogens is 300 g/mol. The summed E-state index contributed by atoms with van der Waals surface area (Å²) >= 11 is 0. The lowest BCUT2D eigenvalue weighted by Gasteiger charge is -2.38. The largest absolute Gasteiger partial charge is 0.411 e. The van der Waals surface area contributed by atoms with Gasteiger partial charge in [0.15, 0.2) is 8.32 Å². The molecule has 1 saturated carbocycles. The van der Waals surface area contributed by atoms with E-state index in [1.54, 1.807) is 0 Å². The zero-order valence-electron chi connectivity index (χ0n) is 16.3. The van der Waals surface area contributed by atoms with Crippen molar-refractivity contribution in [3.8, 4) is 0 Å². The van der Waals surface area contributed by atoms with Crippen LogP contribution in [0.15, 0.2) is 12.2 Å². The zero-order valence-corrected chi connectivity index (χ0v) is 17.3. The van der Waals surface area contributed by atoms with E-state index in [1.807, 2.05) is 0 Å². The minimum Gasteiger partial charge on any atom is -0.411 e. The topological polar surface area (TPSA) is 26.3 Å². The summed E-state index contributed by atoms with van der Waals surface area (Å²) in [5, 5.41) is 0.241. The maximum absolute atomic E-state index is 11.6. The Morgan fingerprint density at radius 2 is 2.00 bits per heavy atom. The Morgan fingerprint density at radius 3 is 2.57 bits per heavy atom. The highest BCUT2D eigenvalue weighted by Crippen LogP contribution is 2.38. The lowest BCUT2D eigenvalue weighted by molar-refractivity contribution is -0.121. The summed E-state index contributed by atoms with van der Waals surface area (Å²) in [4.78, 5) is 11.6. The van der Waals surface area contributed by atoms with Crippen LogP contribution in [0.2, 0.25) is 18.1 Å². The van der Waals surface area contributed by atoms with E-state index in [0.29, 0.717) is 11.7 Å². The first kappa shape index (κ1) is 20.6. The normalized spacial score (nSPS) is 21.8. The molecule has 0 spiro atoms. The van der Waals surface area contributed by atoms with Crippen LogP contribution in [-0.2, 0) is 9.22 Å². The summed E-state index contributed by atoms with van der Waals surface area (Å²) < 4.78 is 6.63. The maximum Gasteiger partial charge on any atom is 0.192 e. The van der Waals surface area contributed by atoms with Gasteiger partial charge in [0.25, 0.3) is 0 Å². The van der Waals surface area contributed by atoms with E-state index in [1.165, 1.54) is 19.3 Å². The van der Waals surface area contributed by atoms with Gasteiger partial charge in [0.2, 0.25) is 0 Å². The Bertz CT molecular complexity index is 393. The monoisotopic (exact) mass is 338 g/mol. The van der Waals surface area contributed by atoms with Crippen molar-refractivity contribution >= 4 is 14.1 Å². The predicted octanol–water partition coefficient (Wildman–Crippen LogP) is 6.27. The average Bonchev–Trinajstić information content (AvgIpc) is 2.43. The number of hydrogen-bond donors (Lipinski definition) is 0. The number of unbranched alkanes of at least 4 members (excludes halogenated alkanes) is 2. The van der Waals surface area contributed by atoms with Crippen molar-refractivity contribution in [2.75, 3.05) is 0 Å². The average molecular weight is 339 g/mol. The molecular formula is C20H38O2Si. The van der Waals surface area contributed by atoms with Crippen molar-refractivity contribution in [1.29, 1.82) is 0 Å². The van der Waals surface area contributed by atoms with Gasteiger partial charge in [-0.05, 0) is 43.3 Å². The highest BCUT2D eigenvalue weighted by Gasteiger charge is 2.38. The molecule has 0 bridgehead atoms. The van der Waals surface area contributed by atoms with Gasteiger partial charge in [-0.1, -0.05) is 59.1 Å². The second kappa shape index (κ2) is 9.17. The van der Waals surface area contributed by atoms with Gasteiger partial charge in [-0.2, -0.15) is 0 Å². The third-order valence-corrected chi connectivity index (χ3v) is 9.97. The smallest absolute Gasteiger partial charge is 0.192 e. The van der Waals surface area contributed by atoms with E-state index in [-0.39, 0.29) is 11.1 Å². The fourth-order valence-electron chi connectivity index (χ4n) is 2.85. The minimum atomic E-state index is -1.75. The molecule has 2 nitrogen and oxygen atoms in total. The fourth-order valence-corrected chi connectivity index (χ4v) is 4.16. The van der Waals surface area contributed by atoms with Gasteiger partial charge in [0, 0.05) is 12.8 Å². The minimum absolute atomic E-state index is 0.222. The summed E-state index contributed by atoms with van der Waals surface area (Å²) in [6, 6.07) is 0. The van der Waals surface area contributed by atoms with Crippen molar-refractivity contribution < 1.29 is 9.22 Å². The molecule has 1 aliphatic carbocycles. The Morgan fingerprint density at radius 1 is 1.30 bits per heavy atom. The van der Waals surface area contributed by atoms with E-state index in [4.69, 9.17) is 4.43 Å². The molecule has 2 atom stereocenters. The number of Topliss-reactive ketones (excluding diaryl/α,β-unsaturated/α-hetero) is 1. The molecule has 134 valence electrons. The van der Waals surface area contributed by atoms with Crippen molar-refractivity contribution in [2.45, 2.75) is 103 Å². The van der Waals surface area contributed by atoms with Gasteiger partial charge in [0.1, 0.15) is 5.78 Å². The molecule has 0 radical (unpaired) electrons. The molecule has 0 amide bonds. The van der Waals surface area contributed by atoms with Crippen LogP contribution in [0.1, 0.15) is 79.1 Å². The second-order valence-corrected chi connectivity index (χ2v) is 13.4. The summed E-state index contributed by atoms with van der Waals surface area (Å²) in [5.41, 5.74) is 0. The zero-order chi connectivity index (χ0) is 17.5. The second-order valence-electron chi connectivity index (χ2n) is 8.69. The van der Waals surface area contributed by atoms with Gasteiger partial charge in [-0.3, -0.25) is 4.79 Å². The number of carbonyl (C=O) groups is 1. The first-order valence-electron chi connectivity index (χ1n) is 9.53. The predicted molar refractivity (Wildman–Crippen MR) is 102 cm³/mol. The van der Waals surface area contributed by atoms with Gasteiger partial charge < -0.3 is 4.43 Å². The quantitative estimate of drug-likeness (QED) is 0.296. The number of ketones is 1. The molecule has 0 aliphatic heterocycles. The Labute approximate surface area is 145 Å². The van der Waals surface area contributed by atoms with Crippen LogP contribution in [0.4, 0.5) is 0 Å². The fraction of sp³-hybridized carbons (Fsp3) is 0.850. The molecule has 0 N–H and O–H groups in total. The van der Waals surface area contributed by atoms with Gasteiger partial charge >= 0.3 is 0 Å². The molecule has 2 unspecified atom stereocenters. The summed E-state index contributed by atoms with van der Waals surface area (Å²) in [5.74, 6) is 0.867. The number of allylic oxidation sites excluding steroid dienone is 1. The Hall–Kier alpha value is -0.413. The lowest BCUT2D eigenvalue weighted by Crippen LogP contribution is -2.43. The summed E-state index contributed by atoms with van der Waals surface area (Å²) in [6.07, 6.45) is 13.4. The molecule has 3 heteroatoms. The van der Waals surface area contributed by atoms with Crippen LogP contribution in [0.5, 0.6) is 0 Å². The first-order valence-corrected chi connectivity index (χ1v) is 12.4. The van der Waals surface area contributed by atoms with Crippen molar-refractivity contribution in [3.63, 3.8) is 0 Å². The van der Waals surface area contributed by atoms with Crippen LogP contribution in [-0.4, -0.2) is 20.2 Å². The maximum atomic E-state index is 11.6. The van der Waals surface area contributed by atoms with E-state index < -0.39 is 8.32 Å². The molecule has 1 aliphatic rings. The SMILES string of the molecule is CCCCCC(C=CC1CCCC(=O)C1)O[Si](C)(C)C(C)(C)C. The highest BCUT2D eigenvalue weighted by atomic mass is 28.4. The lowest BCUT2D eigenvalue weighted by atomic mass is 9.88. The summed E-state index contributed by atoms with van der Waals surface area (Å²) in [7, 11) is -1.75. The standard InChI is InChI=1S/C20H38O2Si/c1-7-8-9-13-19(22-23(5,6)20(2,3)4)15-14-17-11-10-12-18(21)16-17/h14-15,17,19H,7-13,16H2,1-6H3. The number of rotatable bonds is 8. The molecule has 0 aromatic carbocycles. The summed E-state index contributed by atoms with van der Waals surface area (Å²) in [6.45, 7) is 13.8. The molecule has 0 aromatic rings. The van der Waals surface area contributed by atoms with Crippen LogP contribution in [0.3, 0.4) is 0 Å². The van der Waals surface area contributed by atoms with E-state index in [2.05, 4.69) is 52.9 Å². The molecule has 0 saturated heterocycles. The van der Waals surface area contributed by atoms with Crippen molar-refractivity contribution in [2.24, 2.45) is 5.92 Å². The molecule has 23 heavy (non-hydrogen) atoms. The van der Waals surface area contributed by atoms with Gasteiger partial charge in [0.05, 0.1) is 6.10 Å². The van der Waals surface area contributed by atoms with Gasteiger partial charge in [-0.25, -0.2) is 0 Å². The third-order valence-electron chi connectivity index (χ3n) is 5.46. The van der Waals surface area contributed by atoms with Crippen LogP contribution >= 0.6 is 0 Å². The first-order chi connectivity index (χ1) is 10.7. The van der Waals surface area contributed by atoms with Crippen molar-refractivity contribution in [3.05, 3.63) is 12.2 Å². The number of hydrogen-bond acceptors (Lipinski definition) is 2. The van der Waals surface area contributed by atoms with E-state index in [9.17, 15) is 4.79 Å². The Kier molecular flexibility index (Phi) is 8.23. The van der Waals surface area contributed by atoms with Gasteiger partial charge in [-0.15, -0.1) is 0 Å². The van der Waals surface area contributed by atoms with Crippen molar-refractivity contribution in [1.82, 2.24) is 0 Å².